The van der Waals surface area contributed by atoms with Crippen LogP contribution < -0.4 is 5.32 Å². The van der Waals surface area contributed by atoms with Crippen LogP contribution in [0.5, 0.6) is 0 Å². The number of anilines is 1. The number of hydrogen-bond donors (Lipinski definition) is 1. The summed E-state index contributed by atoms with van der Waals surface area (Å²) in [7, 11) is -1.38. The molecule has 1 amide bonds. The topological polar surface area (TPSA) is 106 Å². The molecule has 8 nitrogen and oxygen atoms in total. The first-order valence-corrected chi connectivity index (χ1v) is 8.98. The van der Waals surface area contributed by atoms with Gasteiger partial charge in [-0.25, -0.2) is 13.4 Å². The molecule has 0 atom stereocenters. The van der Waals surface area contributed by atoms with Crippen LogP contribution in [0.3, 0.4) is 0 Å². The molecular formula is C14H15N3O5S2. The third kappa shape index (κ3) is 3.85. The predicted octanol–water partition coefficient (Wildman–Crippen LogP) is 1.78. The Morgan fingerprint density at radius 2 is 2.04 bits per heavy atom. The van der Waals surface area contributed by atoms with E-state index in [4.69, 9.17) is 4.84 Å². The minimum Gasteiger partial charge on any atom is -0.298 e. The maximum Gasteiger partial charge on any atom is 0.264 e. The number of hydroxylamine groups is 1. The van der Waals surface area contributed by atoms with Crippen LogP contribution in [0.2, 0.25) is 0 Å². The van der Waals surface area contributed by atoms with Crippen LogP contribution in [0.1, 0.15) is 27.8 Å². The fourth-order valence-electron chi connectivity index (χ4n) is 1.71. The summed E-state index contributed by atoms with van der Waals surface area (Å²) in [5.74, 6) is -0.737. The van der Waals surface area contributed by atoms with Crippen molar-refractivity contribution in [2.45, 2.75) is 11.8 Å². The summed E-state index contributed by atoms with van der Waals surface area (Å²) in [6.07, 6.45) is 0. The first-order chi connectivity index (χ1) is 11.3. The lowest BCUT2D eigenvalue weighted by Crippen LogP contribution is -2.26. The summed E-state index contributed by atoms with van der Waals surface area (Å²) >= 11 is 1.11. The van der Waals surface area contributed by atoms with E-state index in [9.17, 15) is 18.0 Å². The van der Waals surface area contributed by atoms with E-state index in [1.807, 2.05) is 0 Å². The Bertz CT molecular complexity index is 876. The Balaban J connectivity index is 2.24. The second-order valence-corrected chi connectivity index (χ2v) is 7.47. The average Bonchev–Trinajstić information content (AvgIpc) is 3.02. The van der Waals surface area contributed by atoms with Crippen molar-refractivity contribution in [1.29, 1.82) is 0 Å². The summed E-state index contributed by atoms with van der Waals surface area (Å²) in [5.41, 5.74) is 0.397. The van der Waals surface area contributed by atoms with Crippen molar-refractivity contribution in [2.75, 3.05) is 19.5 Å². The molecule has 1 heterocycles. The standard InChI is InChI=1S/C14H15N3O5S2/c1-9(18)12-8-23-14(15-12)16-13(19)10-5-4-6-11(7-10)24(20,21)17(2)22-3/h4-8H,1-3H3,(H,15,16,19). The number of sulfonamides is 1. The largest absolute Gasteiger partial charge is 0.298 e. The highest BCUT2D eigenvalue weighted by atomic mass is 32.2. The van der Waals surface area contributed by atoms with Gasteiger partial charge >= 0.3 is 0 Å². The average molecular weight is 369 g/mol. The zero-order valence-corrected chi connectivity index (χ0v) is 14.8. The van der Waals surface area contributed by atoms with Crippen LogP contribution in [-0.2, 0) is 14.9 Å². The molecule has 1 aromatic heterocycles. The first-order valence-electron chi connectivity index (χ1n) is 6.66. The highest BCUT2D eigenvalue weighted by Gasteiger charge is 2.22. The highest BCUT2D eigenvalue weighted by molar-refractivity contribution is 7.89. The van der Waals surface area contributed by atoms with Crippen molar-refractivity contribution < 1.29 is 22.8 Å². The van der Waals surface area contributed by atoms with E-state index in [2.05, 4.69) is 10.3 Å². The molecule has 1 N–H and O–H groups in total. The van der Waals surface area contributed by atoms with Crippen molar-refractivity contribution in [3.63, 3.8) is 0 Å². The van der Waals surface area contributed by atoms with Gasteiger partial charge in [0, 0.05) is 24.9 Å². The van der Waals surface area contributed by atoms with E-state index in [1.54, 1.807) is 0 Å². The molecule has 0 saturated heterocycles. The van der Waals surface area contributed by atoms with Crippen LogP contribution in [0.25, 0.3) is 0 Å². The number of amides is 1. The van der Waals surface area contributed by atoms with Gasteiger partial charge in [0.25, 0.3) is 15.9 Å². The molecule has 0 bridgehead atoms. The molecule has 2 rings (SSSR count). The summed E-state index contributed by atoms with van der Waals surface area (Å²) in [6.45, 7) is 1.38. The number of hydrogen-bond acceptors (Lipinski definition) is 7. The third-order valence-electron chi connectivity index (χ3n) is 3.08. The normalized spacial score (nSPS) is 11.5. The Morgan fingerprint density at radius 3 is 2.62 bits per heavy atom. The van der Waals surface area contributed by atoms with Gasteiger partial charge in [-0.3, -0.25) is 19.7 Å². The lowest BCUT2D eigenvalue weighted by Gasteiger charge is -2.14. The van der Waals surface area contributed by atoms with Crippen LogP contribution in [0.4, 0.5) is 5.13 Å². The van der Waals surface area contributed by atoms with E-state index in [0.29, 0.717) is 4.47 Å². The second kappa shape index (κ2) is 7.18. The fourth-order valence-corrected chi connectivity index (χ4v) is 3.47. The number of Topliss-reactive ketones (excluding diaryl/α,β-unsaturated/α-hetero) is 1. The summed E-state index contributed by atoms with van der Waals surface area (Å²) in [6, 6.07) is 5.52. The lowest BCUT2D eigenvalue weighted by atomic mass is 10.2. The van der Waals surface area contributed by atoms with E-state index < -0.39 is 15.9 Å². The van der Waals surface area contributed by atoms with Gasteiger partial charge in [-0.2, -0.15) is 0 Å². The summed E-state index contributed by atoms with van der Waals surface area (Å²) in [5, 5.41) is 4.32. The molecule has 128 valence electrons. The van der Waals surface area contributed by atoms with Crippen molar-refractivity contribution in [3.05, 3.63) is 40.9 Å². The highest BCUT2D eigenvalue weighted by Crippen LogP contribution is 2.19. The van der Waals surface area contributed by atoms with Gasteiger partial charge < -0.3 is 0 Å². The van der Waals surface area contributed by atoms with E-state index in [0.717, 1.165) is 11.3 Å². The maximum absolute atomic E-state index is 12.2. The molecule has 0 fully saturated rings. The van der Waals surface area contributed by atoms with Gasteiger partial charge in [-0.1, -0.05) is 10.5 Å². The van der Waals surface area contributed by atoms with Crippen molar-refractivity contribution in [2.24, 2.45) is 0 Å². The summed E-state index contributed by atoms with van der Waals surface area (Å²) in [4.78, 5) is 32.0. The van der Waals surface area contributed by atoms with Crippen molar-refractivity contribution >= 4 is 38.2 Å². The van der Waals surface area contributed by atoms with Crippen molar-refractivity contribution in [3.8, 4) is 0 Å². The molecule has 24 heavy (non-hydrogen) atoms. The number of nitrogens with zero attached hydrogens (tertiary/aromatic N) is 2. The van der Waals surface area contributed by atoms with Gasteiger partial charge in [0.05, 0.1) is 12.0 Å². The van der Waals surface area contributed by atoms with Crippen LogP contribution >= 0.6 is 11.3 Å². The number of aromatic nitrogens is 1. The van der Waals surface area contributed by atoms with E-state index in [1.165, 1.54) is 50.7 Å². The molecule has 0 radical (unpaired) electrons. The number of nitrogens with one attached hydrogen (secondary N) is 1. The lowest BCUT2D eigenvalue weighted by molar-refractivity contribution is -0.0258. The minimum atomic E-state index is -3.85. The van der Waals surface area contributed by atoms with Crippen molar-refractivity contribution in [1.82, 2.24) is 9.45 Å². The second-order valence-electron chi connectivity index (χ2n) is 4.67. The zero-order chi connectivity index (χ0) is 17.9. The molecule has 1 aromatic carbocycles. The molecule has 0 unspecified atom stereocenters. The van der Waals surface area contributed by atoms with Crippen LogP contribution in [0.15, 0.2) is 34.5 Å². The maximum atomic E-state index is 12.2. The van der Waals surface area contributed by atoms with Crippen LogP contribution in [-0.4, -0.2) is 43.7 Å². The smallest absolute Gasteiger partial charge is 0.264 e. The fraction of sp³-hybridized carbons (Fsp3) is 0.214. The van der Waals surface area contributed by atoms with E-state index in [-0.39, 0.29) is 27.1 Å². The minimum absolute atomic E-state index is 0.0805. The molecular weight excluding hydrogens is 354 g/mol. The Morgan fingerprint density at radius 1 is 1.33 bits per heavy atom. The number of carbonyl (C=O) groups excluding carboxylic acids is 2. The molecule has 0 spiro atoms. The quantitative estimate of drug-likeness (QED) is 0.615. The number of thiazole rings is 1. The molecule has 2 aromatic rings. The van der Waals surface area contributed by atoms with Gasteiger partial charge in [-0.05, 0) is 18.2 Å². The molecule has 10 heteroatoms. The van der Waals surface area contributed by atoms with Crippen LogP contribution in [0, 0.1) is 0 Å². The number of carbonyl (C=O) groups is 2. The SMILES string of the molecule is CON(C)S(=O)(=O)c1cccc(C(=O)Nc2nc(C(C)=O)cs2)c1. The summed E-state index contributed by atoms with van der Waals surface area (Å²) < 4.78 is 25.1. The third-order valence-corrected chi connectivity index (χ3v) is 5.51. The van der Waals surface area contributed by atoms with Gasteiger partial charge in [-0.15, -0.1) is 11.3 Å². The molecule has 0 aliphatic rings. The zero-order valence-electron chi connectivity index (χ0n) is 13.1. The Hall–Kier alpha value is -2.14. The predicted molar refractivity (Wildman–Crippen MR) is 88.5 cm³/mol. The van der Waals surface area contributed by atoms with E-state index >= 15 is 0 Å². The molecule has 0 saturated carbocycles. The van der Waals surface area contributed by atoms with Gasteiger partial charge in [0.15, 0.2) is 10.9 Å². The Kier molecular flexibility index (Phi) is 5.44. The first kappa shape index (κ1) is 18.2. The number of rotatable bonds is 6. The Labute approximate surface area is 143 Å². The number of benzene rings is 1. The molecule has 0 aliphatic heterocycles. The monoisotopic (exact) mass is 369 g/mol. The molecule has 0 aliphatic carbocycles. The van der Waals surface area contributed by atoms with Gasteiger partial charge in [0.1, 0.15) is 5.69 Å². The van der Waals surface area contributed by atoms with Gasteiger partial charge in [0.2, 0.25) is 0 Å². The number of ketones is 1.